The summed E-state index contributed by atoms with van der Waals surface area (Å²) in [7, 11) is -4.08. The zero-order valence-corrected chi connectivity index (χ0v) is 10.7. The minimum absolute atomic E-state index is 0.0497. The second-order valence-electron chi connectivity index (χ2n) is 3.38. The number of amides is 1. The van der Waals surface area contributed by atoms with E-state index in [0.717, 1.165) is 0 Å². The molecule has 0 radical (unpaired) electrons. The molecule has 0 unspecified atom stereocenters. The molecule has 18 heavy (non-hydrogen) atoms. The molecule has 0 aliphatic rings. The first-order valence-electron chi connectivity index (χ1n) is 5.11. The van der Waals surface area contributed by atoms with Gasteiger partial charge in [-0.05, 0) is 26.0 Å². The predicted octanol–water partition coefficient (Wildman–Crippen LogP) is 1.10. The molecule has 0 atom stereocenters. The Morgan fingerprint density at radius 1 is 1.44 bits per heavy atom. The zero-order valence-electron chi connectivity index (χ0n) is 9.93. The van der Waals surface area contributed by atoms with Crippen molar-refractivity contribution >= 4 is 22.0 Å². The van der Waals surface area contributed by atoms with Gasteiger partial charge < -0.3 is 9.84 Å². The van der Waals surface area contributed by atoms with E-state index in [0.29, 0.717) is 5.56 Å². The van der Waals surface area contributed by atoms with E-state index < -0.39 is 16.3 Å². The van der Waals surface area contributed by atoms with Crippen molar-refractivity contribution in [2.45, 2.75) is 13.8 Å². The molecule has 0 saturated carbocycles. The number of carbonyl (C=O) groups is 1. The molecule has 100 valence electrons. The molecule has 0 bridgehead atoms. The number of phenolic OH excluding ortho intramolecular Hbond substituents is 1. The topological polar surface area (TPSA) is 105 Å². The molecular formula is C10H14N2O5S. The number of anilines is 1. The summed E-state index contributed by atoms with van der Waals surface area (Å²) in [5.74, 6) is -0.0497. The van der Waals surface area contributed by atoms with Crippen LogP contribution in [0.15, 0.2) is 18.2 Å². The SMILES string of the molecule is CCOC(=O)NS(=O)(=O)Nc1cccc(O)c1C. The fourth-order valence-corrected chi connectivity index (χ4v) is 2.01. The van der Waals surface area contributed by atoms with Gasteiger partial charge in [-0.1, -0.05) is 6.07 Å². The quantitative estimate of drug-likeness (QED) is 0.762. The number of benzene rings is 1. The minimum atomic E-state index is -4.08. The van der Waals surface area contributed by atoms with Crippen LogP contribution in [0.4, 0.5) is 10.5 Å². The molecule has 7 nitrogen and oxygen atoms in total. The van der Waals surface area contributed by atoms with Crippen LogP contribution in [0.5, 0.6) is 5.75 Å². The first-order chi connectivity index (χ1) is 8.35. The van der Waals surface area contributed by atoms with Gasteiger partial charge in [-0.2, -0.15) is 8.42 Å². The van der Waals surface area contributed by atoms with Crippen LogP contribution in [-0.2, 0) is 14.9 Å². The van der Waals surface area contributed by atoms with E-state index in [1.165, 1.54) is 25.1 Å². The fraction of sp³-hybridized carbons (Fsp3) is 0.300. The summed E-state index contributed by atoms with van der Waals surface area (Å²) in [6, 6.07) is 4.36. The lowest BCUT2D eigenvalue weighted by molar-refractivity contribution is 0.159. The van der Waals surface area contributed by atoms with E-state index in [2.05, 4.69) is 9.46 Å². The van der Waals surface area contributed by atoms with Gasteiger partial charge in [0.15, 0.2) is 0 Å². The van der Waals surface area contributed by atoms with Gasteiger partial charge in [0.05, 0.1) is 12.3 Å². The van der Waals surface area contributed by atoms with Crippen LogP contribution in [0.3, 0.4) is 0 Å². The smallest absolute Gasteiger partial charge is 0.422 e. The number of ether oxygens (including phenoxy) is 1. The van der Waals surface area contributed by atoms with Crippen LogP contribution in [0.25, 0.3) is 0 Å². The summed E-state index contributed by atoms with van der Waals surface area (Å²) < 4.78 is 31.3. The molecule has 0 aliphatic carbocycles. The van der Waals surface area contributed by atoms with Gasteiger partial charge in [0, 0.05) is 5.56 Å². The number of hydrogen-bond acceptors (Lipinski definition) is 5. The van der Waals surface area contributed by atoms with E-state index in [4.69, 9.17) is 0 Å². The first kappa shape index (κ1) is 14.1. The number of aromatic hydroxyl groups is 1. The standard InChI is InChI=1S/C10H14N2O5S/c1-3-17-10(14)12-18(15,16)11-8-5-4-6-9(13)7(8)2/h4-6,11,13H,3H2,1-2H3,(H,12,14). The lowest BCUT2D eigenvalue weighted by Gasteiger charge is -2.11. The number of hydrogen-bond donors (Lipinski definition) is 3. The highest BCUT2D eigenvalue weighted by atomic mass is 32.2. The molecule has 0 heterocycles. The Balaban J connectivity index is 2.83. The number of carbonyl (C=O) groups excluding carboxylic acids is 1. The van der Waals surface area contributed by atoms with Gasteiger partial charge in [0.1, 0.15) is 5.75 Å². The second-order valence-corrected chi connectivity index (χ2v) is 4.79. The normalized spacial score (nSPS) is 10.8. The molecule has 0 saturated heterocycles. The van der Waals surface area contributed by atoms with Gasteiger partial charge in [-0.15, -0.1) is 0 Å². The van der Waals surface area contributed by atoms with Crippen LogP contribution in [-0.4, -0.2) is 26.2 Å². The van der Waals surface area contributed by atoms with E-state index in [1.54, 1.807) is 11.6 Å². The highest BCUT2D eigenvalue weighted by Gasteiger charge is 2.16. The van der Waals surface area contributed by atoms with Crippen molar-refractivity contribution in [3.63, 3.8) is 0 Å². The van der Waals surface area contributed by atoms with Gasteiger partial charge in [0.2, 0.25) is 0 Å². The Kier molecular flexibility index (Phi) is 4.38. The summed E-state index contributed by atoms with van der Waals surface area (Å²) in [4.78, 5) is 11.0. The third-order valence-corrected chi connectivity index (χ3v) is 2.97. The van der Waals surface area contributed by atoms with Crippen molar-refractivity contribution in [1.29, 1.82) is 0 Å². The first-order valence-corrected chi connectivity index (χ1v) is 6.60. The molecule has 1 aromatic rings. The van der Waals surface area contributed by atoms with Crippen molar-refractivity contribution in [2.24, 2.45) is 0 Å². The maximum atomic E-state index is 11.5. The number of phenols is 1. The molecule has 1 amide bonds. The van der Waals surface area contributed by atoms with Crippen molar-refractivity contribution in [3.8, 4) is 5.75 Å². The molecule has 8 heteroatoms. The van der Waals surface area contributed by atoms with Gasteiger partial charge in [-0.25, -0.2) is 9.52 Å². The van der Waals surface area contributed by atoms with Crippen LogP contribution < -0.4 is 9.44 Å². The van der Waals surface area contributed by atoms with Gasteiger partial charge in [0.25, 0.3) is 0 Å². The third-order valence-electron chi connectivity index (χ3n) is 2.04. The molecule has 1 aromatic carbocycles. The molecule has 3 N–H and O–H groups in total. The molecule has 0 spiro atoms. The second kappa shape index (κ2) is 5.58. The minimum Gasteiger partial charge on any atom is -0.508 e. The van der Waals surface area contributed by atoms with Crippen molar-refractivity contribution in [1.82, 2.24) is 4.72 Å². The molecular weight excluding hydrogens is 260 g/mol. The van der Waals surface area contributed by atoms with E-state index in [1.807, 2.05) is 0 Å². The maximum Gasteiger partial charge on any atom is 0.422 e. The fourth-order valence-electron chi connectivity index (χ4n) is 1.17. The average Bonchev–Trinajstić information content (AvgIpc) is 2.24. The van der Waals surface area contributed by atoms with Gasteiger partial charge >= 0.3 is 16.3 Å². The van der Waals surface area contributed by atoms with Crippen LogP contribution in [0.1, 0.15) is 12.5 Å². The lowest BCUT2D eigenvalue weighted by Crippen LogP contribution is -2.35. The highest BCUT2D eigenvalue weighted by molar-refractivity contribution is 7.91. The Hall–Kier alpha value is -1.96. The Morgan fingerprint density at radius 3 is 2.72 bits per heavy atom. The van der Waals surface area contributed by atoms with Crippen LogP contribution >= 0.6 is 0 Å². The van der Waals surface area contributed by atoms with E-state index in [-0.39, 0.29) is 18.0 Å². The zero-order chi connectivity index (χ0) is 13.8. The molecule has 0 aromatic heterocycles. The van der Waals surface area contributed by atoms with Crippen molar-refractivity contribution < 1.29 is 23.1 Å². The maximum absolute atomic E-state index is 11.5. The summed E-state index contributed by atoms with van der Waals surface area (Å²) in [6.07, 6.45) is -1.07. The molecule has 0 fully saturated rings. The lowest BCUT2D eigenvalue weighted by atomic mass is 10.2. The third kappa shape index (κ3) is 3.81. The highest BCUT2D eigenvalue weighted by Crippen LogP contribution is 2.24. The van der Waals surface area contributed by atoms with Crippen molar-refractivity contribution in [2.75, 3.05) is 11.3 Å². The van der Waals surface area contributed by atoms with Gasteiger partial charge in [-0.3, -0.25) is 4.72 Å². The molecule has 0 aliphatic heterocycles. The monoisotopic (exact) mass is 274 g/mol. The largest absolute Gasteiger partial charge is 0.508 e. The molecule has 1 rings (SSSR count). The van der Waals surface area contributed by atoms with E-state index >= 15 is 0 Å². The summed E-state index contributed by atoms with van der Waals surface area (Å²) in [6.45, 7) is 3.16. The summed E-state index contributed by atoms with van der Waals surface area (Å²) in [5.41, 5.74) is 0.526. The van der Waals surface area contributed by atoms with Crippen molar-refractivity contribution in [3.05, 3.63) is 23.8 Å². The average molecular weight is 274 g/mol. The number of rotatable bonds is 4. The summed E-state index contributed by atoms with van der Waals surface area (Å²) in [5, 5.41) is 9.42. The predicted molar refractivity (Wildman–Crippen MR) is 65.5 cm³/mol. The summed E-state index contributed by atoms with van der Waals surface area (Å²) >= 11 is 0. The van der Waals surface area contributed by atoms with Crippen LogP contribution in [0.2, 0.25) is 0 Å². The number of nitrogens with one attached hydrogen (secondary N) is 2. The van der Waals surface area contributed by atoms with E-state index in [9.17, 15) is 18.3 Å². The Bertz CT molecular complexity index is 541. The Morgan fingerprint density at radius 2 is 2.11 bits per heavy atom. The van der Waals surface area contributed by atoms with Crippen LogP contribution in [0, 0.1) is 6.92 Å². The Labute approximate surface area is 105 Å².